The van der Waals surface area contributed by atoms with Crippen LogP contribution in [0.2, 0.25) is 0 Å². The van der Waals surface area contributed by atoms with Crippen molar-refractivity contribution >= 4 is 17.4 Å². The highest BCUT2D eigenvalue weighted by Gasteiger charge is 2.23. The molecule has 0 radical (unpaired) electrons. The van der Waals surface area contributed by atoms with Gasteiger partial charge < -0.3 is 5.32 Å². The van der Waals surface area contributed by atoms with Crippen LogP contribution in [0.4, 0.5) is 11.5 Å². The first-order chi connectivity index (χ1) is 12.1. The number of pyridine rings is 1. The van der Waals surface area contributed by atoms with E-state index in [9.17, 15) is 14.9 Å². The van der Waals surface area contributed by atoms with Crippen molar-refractivity contribution in [2.45, 2.75) is 5.92 Å². The minimum Gasteiger partial charge on any atom is -0.310 e. The van der Waals surface area contributed by atoms with Crippen LogP contribution in [-0.2, 0) is 4.79 Å². The van der Waals surface area contributed by atoms with Gasteiger partial charge in [0, 0.05) is 12.3 Å². The number of carbonyl (C=O) groups excluding carboxylic acids is 1. The molecule has 0 spiro atoms. The van der Waals surface area contributed by atoms with E-state index in [2.05, 4.69) is 10.3 Å². The van der Waals surface area contributed by atoms with Crippen LogP contribution >= 0.6 is 0 Å². The smallest absolute Gasteiger partial charge is 0.274 e. The van der Waals surface area contributed by atoms with E-state index in [0.29, 0.717) is 0 Å². The molecule has 0 saturated heterocycles. The average Bonchev–Trinajstić information content (AvgIpc) is 2.64. The summed E-state index contributed by atoms with van der Waals surface area (Å²) in [7, 11) is 0. The Kier molecular flexibility index (Phi) is 4.80. The fourth-order valence-corrected chi connectivity index (χ4v) is 2.59. The zero-order chi connectivity index (χ0) is 17.6. The highest BCUT2D eigenvalue weighted by atomic mass is 16.6. The molecule has 0 atom stereocenters. The molecule has 0 aliphatic rings. The van der Waals surface area contributed by atoms with Gasteiger partial charge in [-0.25, -0.2) is 4.98 Å². The van der Waals surface area contributed by atoms with Gasteiger partial charge in [-0.3, -0.25) is 14.9 Å². The van der Waals surface area contributed by atoms with Crippen LogP contribution in [0.25, 0.3) is 0 Å². The maximum absolute atomic E-state index is 12.9. The molecule has 25 heavy (non-hydrogen) atoms. The van der Waals surface area contributed by atoms with E-state index in [0.717, 1.165) is 11.1 Å². The Bertz CT molecular complexity index is 843. The third kappa shape index (κ3) is 3.87. The van der Waals surface area contributed by atoms with E-state index in [4.69, 9.17) is 0 Å². The van der Waals surface area contributed by atoms with Gasteiger partial charge in [-0.2, -0.15) is 0 Å². The molecule has 3 aromatic rings. The number of anilines is 1. The van der Waals surface area contributed by atoms with Gasteiger partial charge in [0.05, 0.1) is 16.9 Å². The lowest BCUT2D eigenvalue weighted by Crippen LogP contribution is -2.22. The van der Waals surface area contributed by atoms with Crippen LogP contribution in [0, 0.1) is 10.1 Å². The zero-order valence-corrected chi connectivity index (χ0v) is 13.2. The fourth-order valence-electron chi connectivity index (χ4n) is 2.59. The molecule has 1 heterocycles. The number of amides is 1. The molecular formula is C19H15N3O3. The van der Waals surface area contributed by atoms with Crippen molar-refractivity contribution in [3.63, 3.8) is 0 Å². The summed E-state index contributed by atoms with van der Waals surface area (Å²) >= 11 is 0. The lowest BCUT2D eigenvalue weighted by molar-refractivity contribution is -0.384. The first-order valence-electron chi connectivity index (χ1n) is 7.66. The highest BCUT2D eigenvalue weighted by Crippen LogP contribution is 2.26. The van der Waals surface area contributed by atoms with Gasteiger partial charge in [-0.15, -0.1) is 0 Å². The quantitative estimate of drug-likeness (QED) is 0.569. The Morgan fingerprint density at radius 1 is 0.960 bits per heavy atom. The molecule has 0 saturated carbocycles. The molecule has 3 rings (SSSR count). The molecule has 6 heteroatoms. The van der Waals surface area contributed by atoms with Crippen molar-refractivity contribution in [2.75, 3.05) is 5.32 Å². The Balaban J connectivity index is 1.93. The number of aromatic nitrogens is 1. The second-order valence-electron chi connectivity index (χ2n) is 5.40. The predicted octanol–water partition coefficient (Wildman–Crippen LogP) is 3.76. The standard InChI is InChI=1S/C19H15N3O3/c23-19(21-17-13-16(22(24)25)11-12-20-17)18(14-7-3-1-4-8-14)15-9-5-2-6-10-15/h1-13,18H,(H,20,21,23). The topological polar surface area (TPSA) is 85.1 Å². The predicted molar refractivity (Wildman–Crippen MR) is 94.2 cm³/mol. The molecule has 1 N–H and O–H groups in total. The average molecular weight is 333 g/mol. The van der Waals surface area contributed by atoms with E-state index in [1.165, 1.54) is 18.3 Å². The summed E-state index contributed by atoms with van der Waals surface area (Å²) in [6.45, 7) is 0. The van der Waals surface area contributed by atoms with Crippen LogP contribution < -0.4 is 5.32 Å². The van der Waals surface area contributed by atoms with Crippen molar-refractivity contribution in [3.05, 3.63) is 100 Å². The zero-order valence-electron chi connectivity index (χ0n) is 13.2. The summed E-state index contributed by atoms with van der Waals surface area (Å²) in [5.74, 6) is -0.690. The minimum absolute atomic E-state index is 0.124. The number of hydrogen-bond donors (Lipinski definition) is 1. The van der Waals surface area contributed by atoms with E-state index >= 15 is 0 Å². The minimum atomic E-state index is -0.538. The van der Waals surface area contributed by atoms with E-state index in [-0.39, 0.29) is 17.4 Å². The number of nitrogens with zero attached hydrogens (tertiary/aromatic N) is 2. The van der Waals surface area contributed by atoms with Crippen LogP contribution in [0.3, 0.4) is 0 Å². The first kappa shape index (κ1) is 16.3. The SMILES string of the molecule is O=C(Nc1cc([N+](=O)[O-])ccn1)C(c1ccccc1)c1ccccc1. The number of nitrogens with one attached hydrogen (secondary N) is 1. The molecule has 0 fully saturated rings. The summed E-state index contributed by atoms with van der Waals surface area (Å²) in [6.07, 6.45) is 1.30. The van der Waals surface area contributed by atoms with Crippen LogP contribution in [0.5, 0.6) is 0 Å². The summed E-state index contributed by atoms with van der Waals surface area (Å²) in [4.78, 5) is 27.2. The van der Waals surface area contributed by atoms with Gasteiger partial charge in [-0.1, -0.05) is 60.7 Å². The number of carbonyl (C=O) groups is 1. The Morgan fingerprint density at radius 3 is 2.04 bits per heavy atom. The molecule has 1 amide bonds. The second-order valence-corrected chi connectivity index (χ2v) is 5.40. The van der Waals surface area contributed by atoms with Gasteiger partial charge in [0.2, 0.25) is 5.91 Å². The summed E-state index contributed by atoms with van der Waals surface area (Å²) < 4.78 is 0. The van der Waals surface area contributed by atoms with Crippen molar-refractivity contribution < 1.29 is 9.72 Å². The summed E-state index contributed by atoms with van der Waals surface area (Å²) in [5, 5.41) is 13.6. The Labute approximate surface area is 144 Å². The lowest BCUT2D eigenvalue weighted by Gasteiger charge is -2.17. The van der Waals surface area contributed by atoms with Crippen molar-refractivity contribution in [2.24, 2.45) is 0 Å². The van der Waals surface area contributed by atoms with Crippen LogP contribution in [0.15, 0.2) is 79.0 Å². The third-order valence-electron chi connectivity index (χ3n) is 3.73. The van der Waals surface area contributed by atoms with Crippen molar-refractivity contribution in [3.8, 4) is 0 Å². The third-order valence-corrected chi connectivity index (χ3v) is 3.73. The Morgan fingerprint density at radius 2 is 1.52 bits per heavy atom. The van der Waals surface area contributed by atoms with Crippen LogP contribution in [0.1, 0.15) is 17.0 Å². The van der Waals surface area contributed by atoms with Gasteiger partial charge >= 0.3 is 0 Å². The van der Waals surface area contributed by atoms with Gasteiger partial charge in [0.1, 0.15) is 5.82 Å². The van der Waals surface area contributed by atoms with E-state index < -0.39 is 10.8 Å². The Hall–Kier alpha value is -3.54. The van der Waals surface area contributed by atoms with Crippen molar-refractivity contribution in [1.82, 2.24) is 4.98 Å². The normalized spacial score (nSPS) is 10.4. The van der Waals surface area contributed by atoms with E-state index in [1.807, 2.05) is 60.7 Å². The molecule has 0 unspecified atom stereocenters. The number of rotatable bonds is 5. The van der Waals surface area contributed by atoms with Crippen LogP contribution in [-0.4, -0.2) is 15.8 Å². The van der Waals surface area contributed by atoms with E-state index in [1.54, 1.807) is 0 Å². The lowest BCUT2D eigenvalue weighted by atomic mass is 9.90. The molecule has 2 aromatic carbocycles. The maximum atomic E-state index is 12.9. The molecule has 124 valence electrons. The molecule has 1 aromatic heterocycles. The second kappa shape index (κ2) is 7.35. The molecule has 6 nitrogen and oxygen atoms in total. The van der Waals surface area contributed by atoms with Gasteiger partial charge in [0.15, 0.2) is 0 Å². The van der Waals surface area contributed by atoms with Gasteiger partial charge in [-0.05, 0) is 11.1 Å². The van der Waals surface area contributed by atoms with Gasteiger partial charge in [0.25, 0.3) is 5.69 Å². The highest BCUT2D eigenvalue weighted by molar-refractivity contribution is 5.97. The first-order valence-corrected chi connectivity index (χ1v) is 7.66. The monoisotopic (exact) mass is 333 g/mol. The summed E-state index contributed by atoms with van der Waals surface area (Å²) in [5.41, 5.74) is 1.54. The number of benzene rings is 2. The molecule has 0 aliphatic carbocycles. The van der Waals surface area contributed by atoms with Crippen molar-refractivity contribution in [1.29, 1.82) is 0 Å². The summed E-state index contributed by atoms with van der Waals surface area (Å²) in [6, 6.07) is 21.2. The fraction of sp³-hybridized carbons (Fsp3) is 0.0526. The maximum Gasteiger partial charge on any atom is 0.274 e. The number of hydrogen-bond acceptors (Lipinski definition) is 4. The number of nitro groups is 1. The molecule has 0 bridgehead atoms. The molecular weight excluding hydrogens is 318 g/mol. The molecule has 0 aliphatic heterocycles. The largest absolute Gasteiger partial charge is 0.310 e.